The molecule has 0 aliphatic carbocycles. The Labute approximate surface area is 86.3 Å². The van der Waals surface area contributed by atoms with Crippen molar-refractivity contribution < 1.29 is 9.53 Å². The SMILES string of the molecule is CCCCCCCC1=C(C)CC(=O)O1. The second kappa shape index (κ2) is 5.84. The number of esters is 1. The Morgan fingerprint density at radius 2 is 1.93 bits per heavy atom. The molecule has 0 bridgehead atoms. The van der Waals surface area contributed by atoms with Crippen molar-refractivity contribution in [2.45, 2.75) is 58.8 Å². The molecule has 0 saturated carbocycles. The zero-order valence-corrected chi connectivity index (χ0v) is 9.27. The summed E-state index contributed by atoms with van der Waals surface area (Å²) in [5.41, 5.74) is 1.13. The van der Waals surface area contributed by atoms with Gasteiger partial charge in [-0.15, -0.1) is 0 Å². The monoisotopic (exact) mass is 196 g/mol. The van der Waals surface area contributed by atoms with Crippen molar-refractivity contribution >= 4 is 5.97 Å². The largest absolute Gasteiger partial charge is 0.431 e. The highest BCUT2D eigenvalue weighted by Crippen LogP contribution is 2.24. The first-order valence-electron chi connectivity index (χ1n) is 5.63. The molecule has 1 aliphatic rings. The van der Waals surface area contributed by atoms with E-state index in [1.807, 2.05) is 6.92 Å². The number of ether oxygens (including phenoxy) is 1. The minimum atomic E-state index is -0.0777. The lowest BCUT2D eigenvalue weighted by Gasteiger charge is -2.02. The van der Waals surface area contributed by atoms with E-state index in [0.717, 1.165) is 24.2 Å². The van der Waals surface area contributed by atoms with Gasteiger partial charge in [0.25, 0.3) is 0 Å². The molecular formula is C12H20O2. The average Bonchev–Trinajstić information content (AvgIpc) is 2.45. The van der Waals surface area contributed by atoms with Crippen LogP contribution in [0.3, 0.4) is 0 Å². The van der Waals surface area contributed by atoms with Gasteiger partial charge in [-0.05, 0) is 18.9 Å². The summed E-state index contributed by atoms with van der Waals surface area (Å²) in [6, 6.07) is 0. The molecule has 2 nitrogen and oxygen atoms in total. The van der Waals surface area contributed by atoms with Crippen LogP contribution in [-0.4, -0.2) is 5.97 Å². The first kappa shape index (κ1) is 11.3. The number of unbranched alkanes of at least 4 members (excludes halogenated alkanes) is 4. The van der Waals surface area contributed by atoms with Crippen LogP contribution in [-0.2, 0) is 9.53 Å². The normalized spacial score (nSPS) is 16.3. The molecule has 0 aromatic rings. The van der Waals surface area contributed by atoms with Gasteiger partial charge in [0.15, 0.2) is 0 Å². The molecule has 0 aromatic heterocycles. The Kier molecular flexibility index (Phi) is 4.71. The Bertz CT molecular complexity index is 228. The molecule has 0 atom stereocenters. The van der Waals surface area contributed by atoms with Gasteiger partial charge in [0, 0.05) is 6.42 Å². The van der Waals surface area contributed by atoms with Gasteiger partial charge in [-0.25, -0.2) is 0 Å². The van der Waals surface area contributed by atoms with Crippen LogP contribution in [0, 0.1) is 0 Å². The highest BCUT2D eigenvalue weighted by molar-refractivity contribution is 5.76. The molecular weight excluding hydrogens is 176 g/mol. The molecule has 14 heavy (non-hydrogen) atoms. The van der Waals surface area contributed by atoms with Crippen LogP contribution < -0.4 is 0 Å². The lowest BCUT2D eigenvalue weighted by atomic mass is 10.1. The summed E-state index contributed by atoms with van der Waals surface area (Å²) in [4.78, 5) is 10.9. The molecule has 0 aromatic carbocycles. The number of carbonyl (C=O) groups excluding carboxylic acids is 1. The third-order valence-corrected chi connectivity index (χ3v) is 2.63. The van der Waals surface area contributed by atoms with Crippen LogP contribution in [0.5, 0.6) is 0 Å². The maximum absolute atomic E-state index is 10.9. The first-order valence-corrected chi connectivity index (χ1v) is 5.63. The van der Waals surface area contributed by atoms with E-state index in [1.165, 1.54) is 25.7 Å². The molecule has 2 heteroatoms. The third-order valence-electron chi connectivity index (χ3n) is 2.63. The number of rotatable bonds is 6. The standard InChI is InChI=1S/C12H20O2/c1-3-4-5-6-7-8-11-10(2)9-12(13)14-11/h3-9H2,1-2H3. The fourth-order valence-corrected chi connectivity index (χ4v) is 1.73. The van der Waals surface area contributed by atoms with Gasteiger partial charge in [0.05, 0.1) is 6.42 Å². The molecule has 0 fully saturated rings. The first-order chi connectivity index (χ1) is 6.74. The summed E-state index contributed by atoms with van der Waals surface area (Å²) in [7, 11) is 0. The van der Waals surface area contributed by atoms with E-state index in [-0.39, 0.29) is 5.97 Å². The molecule has 0 spiro atoms. The Balaban J connectivity index is 2.12. The van der Waals surface area contributed by atoms with Crippen molar-refractivity contribution in [1.29, 1.82) is 0 Å². The molecule has 0 amide bonds. The van der Waals surface area contributed by atoms with Gasteiger partial charge in [-0.3, -0.25) is 4.79 Å². The van der Waals surface area contributed by atoms with Gasteiger partial charge in [0.1, 0.15) is 5.76 Å². The summed E-state index contributed by atoms with van der Waals surface area (Å²) in [5.74, 6) is 0.859. The summed E-state index contributed by atoms with van der Waals surface area (Å²) >= 11 is 0. The van der Waals surface area contributed by atoms with E-state index in [1.54, 1.807) is 0 Å². The molecule has 1 heterocycles. The number of carbonyl (C=O) groups is 1. The van der Waals surface area contributed by atoms with Crippen molar-refractivity contribution in [2.75, 3.05) is 0 Å². The van der Waals surface area contributed by atoms with E-state index in [4.69, 9.17) is 4.74 Å². The number of hydrogen-bond acceptors (Lipinski definition) is 2. The molecule has 0 unspecified atom stereocenters. The van der Waals surface area contributed by atoms with Crippen LogP contribution in [0.25, 0.3) is 0 Å². The van der Waals surface area contributed by atoms with Crippen molar-refractivity contribution in [3.8, 4) is 0 Å². The van der Waals surface area contributed by atoms with Gasteiger partial charge in [-0.2, -0.15) is 0 Å². The maximum atomic E-state index is 10.9. The minimum Gasteiger partial charge on any atom is -0.431 e. The van der Waals surface area contributed by atoms with Gasteiger partial charge >= 0.3 is 5.97 Å². The smallest absolute Gasteiger partial charge is 0.315 e. The molecule has 1 rings (SSSR count). The Morgan fingerprint density at radius 1 is 1.21 bits per heavy atom. The van der Waals surface area contributed by atoms with Gasteiger partial charge < -0.3 is 4.74 Å². The Hall–Kier alpha value is -0.790. The number of allylic oxidation sites excluding steroid dienone is 1. The lowest BCUT2D eigenvalue weighted by Crippen LogP contribution is -1.93. The van der Waals surface area contributed by atoms with Crippen molar-refractivity contribution in [1.82, 2.24) is 0 Å². The second-order valence-electron chi connectivity index (χ2n) is 4.02. The highest BCUT2D eigenvalue weighted by atomic mass is 16.5. The summed E-state index contributed by atoms with van der Waals surface area (Å²) < 4.78 is 5.12. The fraction of sp³-hybridized carbons (Fsp3) is 0.750. The molecule has 80 valence electrons. The quantitative estimate of drug-likeness (QED) is 0.479. The van der Waals surface area contributed by atoms with E-state index >= 15 is 0 Å². The van der Waals surface area contributed by atoms with E-state index in [0.29, 0.717) is 6.42 Å². The average molecular weight is 196 g/mol. The zero-order chi connectivity index (χ0) is 10.4. The maximum Gasteiger partial charge on any atom is 0.315 e. The fourth-order valence-electron chi connectivity index (χ4n) is 1.73. The van der Waals surface area contributed by atoms with Crippen molar-refractivity contribution in [3.63, 3.8) is 0 Å². The molecule has 0 saturated heterocycles. The van der Waals surface area contributed by atoms with E-state index in [2.05, 4.69) is 6.92 Å². The third kappa shape index (κ3) is 3.52. The predicted octanol–water partition coefficient (Wildman–Crippen LogP) is 3.57. The van der Waals surface area contributed by atoms with Crippen LogP contribution >= 0.6 is 0 Å². The van der Waals surface area contributed by atoms with Crippen LogP contribution in [0.2, 0.25) is 0 Å². The van der Waals surface area contributed by atoms with Crippen LogP contribution in [0.1, 0.15) is 58.8 Å². The molecule has 1 aliphatic heterocycles. The summed E-state index contributed by atoms with van der Waals surface area (Å²) in [5, 5.41) is 0. The summed E-state index contributed by atoms with van der Waals surface area (Å²) in [6.07, 6.45) is 7.75. The van der Waals surface area contributed by atoms with Crippen molar-refractivity contribution in [3.05, 3.63) is 11.3 Å². The number of cyclic esters (lactones) is 1. The van der Waals surface area contributed by atoms with E-state index in [9.17, 15) is 4.79 Å². The van der Waals surface area contributed by atoms with Crippen LogP contribution in [0.4, 0.5) is 0 Å². The van der Waals surface area contributed by atoms with Crippen molar-refractivity contribution in [2.24, 2.45) is 0 Å². The molecule has 0 radical (unpaired) electrons. The van der Waals surface area contributed by atoms with Crippen LogP contribution in [0.15, 0.2) is 11.3 Å². The van der Waals surface area contributed by atoms with Gasteiger partial charge in [-0.1, -0.05) is 32.6 Å². The summed E-state index contributed by atoms with van der Waals surface area (Å²) in [6.45, 7) is 4.21. The highest BCUT2D eigenvalue weighted by Gasteiger charge is 2.19. The molecule has 0 N–H and O–H groups in total. The minimum absolute atomic E-state index is 0.0777. The van der Waals surface area contributed by atoms with E-state index < -0.39 is 0 Å². The predicted molar refractivity (Wildman–Crippen MR) is 56.8 cm³/mol. The van der Waals surface area contributed by atoms with Gasteiger partial charge in [0.2, 0.25) is 0 Å². The lowest BCUT2D eigenvalue weighted by molar-refractivity contribution is -0.136. The Morgan fingerprint density at radius 3 is 2.50 bits per heavy atom. The number of hydrogen-bond donors (Lipinski definition) is 0. The zero-order valence-electron chi connectivity index (χ0n) is 9.27. The second-order valence-corrected chi connectivity index (χ2v) is 4.02. The topological polar surface area (TPSA) is 26.3 Å².